The van der Waals surface area contributed by atoms with Gasteiger partial charge in [0.1, 0.15) is 11.3 Å². The number of ether oxygens (including phenoxy) is 1. The average Bonchev–Trinajstić information content (AvgIpc) is 3.02. The van der Waals surface area contributed by atoms with Gasteiger partial charge in [-0.1, -0.05) is 17.7 Å². The van der Waals surface area contributed by atoms with E-state index in [-0.39, 0.29) is 18.0 Å². The summed E-state index contributed by atoms with van der Waals surface area (Å²) in [5.74, 6) is -0.246. The number of benzene rings is 1. The molecule has 2 N–H and O–H groups in total. The molecule has 0 bridgehead atoms. The number of nitrogens with two attached hydrogens (primary N) is 1. The molecule has 0 fully saturated rings. The molecule has 7 heteroatoms. The van der Waals surface area contributed by atoms with E-state index < -0.39 is 5.91 Å². The highest BCUT2D eigenvalue weighted by Gasteiger charge is 2.18. The molecule has 0 saturated heterocycles. The van der Waals surface area contributed by atoms with Gasteiger partial charge in [-0.2, -0.15) is 5.10 Å². The molecule has 3 aromatic rings. The first-order valence-corrected chi connectivity index (χ1v) is 9.11. The maximum Gasteiger partial charge on any atom is 0.311 e. The summed E-state index contributed by atoms with van der Waals surface area (Å²) in [7, 11) is 0. The molecule has 1 aromatic carbocycles. The van der Waals surface area contributed by atoms with Gasteiger partial charge in [0, 0.05) is 11.4 Å². The number of hydrogen-bond acceptors (Lipinski definition) is 5. The molecule has 0 spiro atoms. The van der Waals surface area contributed by atoms with Gasteiger partial charge in [-0.05, 0) is 57.7 Å². The molecule has 0 atom stereocenters. The monoisotopic (exact) mass is 380 g/mol. The van der Waals surface area contributed by atoms with Gasteiger partial charge in [0.15, 0.2) is 5.65 Å². The van der Waals surface area contributed by atoms with Crippen LogP contribution < -0.4 is 10.5 Å². The van der Waals surface area contributed by atoms with Gasteiger partial charge in [-0.25, -0.2) is 9.50 Å². The highest BCUT2D eigenvalue weighted by Crippen LogP contribution is 2.25. The van der Waals surface area contributed by atoms with Gasteiger partial charge < -0.3 is 10.5 Å². The molecule has 0 aliphatic heterocycles. The maximum absolute atomic E-state index is 12.4. The Morgan fingerprint density at radius 2 is 1.75 bits per heavy atom. The zero-order chi connectivity index (χ0) is 20.6. The molecule has 28 heavy (non-hydrogen) atoms. The molecule has 0 aliphatic carbocycles. The minimum atomic E-state index is -0.568. The third-order valence-electron chi connectivity index (χ3n) is 4.87. The molecule has 7 nitrogen and oxygen atoms in total. The van der Waals surface area contributed by atoms with Crippen molar-refractivity contribution < 1.29 is 14.3 Å². The number of hydrogen-bond donors (Lipinski definition) is 1. The molecule has 0 aliphatic rings. The highest BCUT2D eigenvalue weighted by atomic mass is 16.5. The quantitative estimate of drug-likeness (QED) is 0.542. The van der Waals surface area contributed by atoms with Crippen LogP contribution >= 0.6 is 0 Å². The summed E-state index contributed by atoms with van der Waals surface area (Å²) in [5.41, 5.74) is 11.6. The molecule has 3 rings (SSSR count). The summed E-state index contributed by atoms with van der Waals surface area (Å²) >= 11 is 0. The van der Waals surface area contributed by atoms with E-state index in [0.29, 0.717) is 17.8 Å². The van der Waals surface area contributed by atoms with Gasteiger partial charge >= 0.3 is 5.97 Å². The molecule has 2 aromatic heterocycles. The first kappa shape index (κ1) is 19.5. The van der Waals surface area contributed by atoms with Crippen LogP contribution in [0.15, 0.2) is 18.3 Å². The van der Waals surface area contributed by atoms with Crippen molar-refractivity contribution in [3.05, 3.63) is 57.5 Å². The number of amides is 1. The lowest BCUT2D eigenvalue weighted by atomic mass is 10.1. The third-order valence-corrected chi connectivity index (χ3v) is 4.87. The number of aromatic nitrogens is 3. The lowest BCUT2D eigenvalue weighted by Crippen LogP contribution is -2.14. The highest BCUT2D eigenvalue weighted by molar-refractivity contribution is 5.98. The van der Waals surface area contributed by atoms with Crippen molar-refractivity contribution in [1.29, 1.82) is 0 Å². The molecule has 0 unspecified atom stereocenters. The summed E-state index contributed by atoms with van der Waals surface area (Å²) in [6, 6.07) is 3.99. The molecule has 0 radical (unpaired) electrons. The Hall–Kier alpha value is -3.22. The van der Waals surface area contributed by atoms with Crippen LogP contribution in [0.1, 0.15) is 50.4 Å². The maximum atomic E-state index is 12.4. The summed E-state index contributed by atoms with van der Waals surface area (Å²) in [5, 5.41) is 4.20. The number of fused-ring (bicyclic) bond motifs is 1. The van der Waals surface area contributed by atoms with E-state index in [0.717, 1.165) is 33.6 Å². The van der Waals surface area contributed by atoms with Crippen molar-refractivity contribution in [3.8, 4) is 5.75 Å². The van der Waals surface area contributed by atoms with E-state index in [9.17, 15) is 9.59 Å². The first-order chi connectivity index (χ1) is 13.2. The summed E-state index contributed by atoms with van der Waals surface area (Å²) in [4.78, 5) is 28.4. The number of esters is 1. The van der Waals surface area contributed by atoms with Crippen molar-refractivity contribution in [1.82, 2.24) is 14.6 Å². The predicted molar refractivity (Wildman–Crippen MR) is 106 cm³/mol. The first-order valence-electron chi connectivity index (χ1n) is 9.11. The van der Waals surface area contributed by atoms with E-state index in [1.54, 1.807) is 4.52 Å². The number of carbonyl (C=O) groups excluding carboxylic acids is 2. The Labute approximate surface area is 163 Å². The topological polar surface area (TPSA) is 99.6 Å². The second-order valence-corrected chi connectivity index (χ2v) is 7.12. The van der Waals surface area contributed by atoms with Crippen LogP contribution in [-0.2, 0) is 11.2 Å². The summed E-state index contributed by atoms with van der Waals surface area (Å²) < 4.78 is 7.20. The van der Waals surface area contributed by atoms with Crippen LogP contribution in [0.5, 0.6) is 5.75 Å². The van der Waals surface area contributed by atoms with E-state index in [2.05, 4.69) is 10.1 Å². The zero-order valence-electron chi connectivity index (χ0n) is 16.8. The smallest absolute Gasteiger partial charge is 0.311 e. The zero-order valence-corrected chi connectivity index (χ0v) is 16.8. The number of nitrogens with zero attached hydrogens (tertiary/aromatic N) is 3. The Morgan fingerprint density at radius 1 is 1.11 bits per heavy atom. The van der Waals surface area contributed by atoms with Gasteiger partial charge in [-0.15, -0.1) is 0 Å². The molecular formula is C21H24N4O3. The molecule has 1 amide bonds. The lowest BCUT2D eigenvalue weighted by Gasteiger charge is -2.13. The van der Waals surface area contributed by atoms with Gasteiger partial charge in [0.2, 0.25) is 0 Å². The van der Waals surface area contributed by atoms with Gasteiger partial charge in [0.25, 0.3) is 5.91 Å². The minimum absolute atomic E-state index is 0.214. The Balaban J connectivity index is 1.80. The van der Waals surface area contributed by atoms with Crippen molar-refractivity contribution in [3.63, 3.8) is 0 Å². The Morgan fingerprint density at radius 3 is 2.36 bits per heavy atom. The summed E-state index contributed by atoms with van der Waals surface area (Å²) in [6.07, 6.45) is 2.10. The fourth-order valence-corrected chi connectivity index (χ4v) is 3.57. The van der Waals surface area contributed by atoms with Crippen LogP contribution in [-0.4, -0.2) is 26.5 Å². The van der Waals surface area contributed by atoms with Crippen LogP contribution in [0, 0.1) is 34.6 Å². The van der Waals surface area contributed by atoms with E-state index >= 15 is 0 Å². The number of aryl methyl sites for hydroxylation is 5. The van der Waals surface area contributed by atoms with E-state index in [4.69, 9.17) is 10.5 Å². The SMILES string of the molecule is Cc1cc(C)c(OC(=O)CCc2c(C)nc3c(C(N)=O)cnn3c2C)c(C)c1. The Bertz CT molecular complexity index is 1080. The predicted octanol–water partition coefficient (Wildman–Crippen LogP) is 2.91. The molecule has 2 heterocycles. The number of rotatable bonds is 5. The Kier molecular flexibility index (Phi) is 5.18. The van der Waals surface area contributed by atoms with E-state index in [1.807, 2.05) is 46.8 Å². The normalized spacial score (nSPS) is 11.0. The van der Waals surface area contributed by atoms with Crippen LogP contribution in [0.25, 0.3) is 5.65 Å². The largest absolute Gasteiger partial charge is 0.426 e. The fraction of sp³-hybridized carbons (Fsp3) is 0.333. The number of primary amides is 1. The van der Waals surface area contributed by atoms with Crippen LogP contribution in [0.2, 0.25) is 0 Å². The standard InChI is InChI=1S/C21H24N4O3/c1-11-8-12(2)19(13(3)9-11)28-18(26)7-6-16-14(4)24-21-17(20(22)27)10-23-25(21)15(16)5/h8-10H,6-7H2,1-5H3,(H2,22,27). The van der Waals surface area contributed by atoms with Crippen LogP contribution in [0.3, 0.4) is 0 Å². The summed E-state index contributed by atoms with van der Waals surface area (Å²) in [6.45, 7) is 9.61. The van der Waals surface area contributed by atoms with Crippen molar-refractivity contribution >= 4 is 17.5 Å². The second-order valence-electron chi connectivity index (χ2n) is 7.12. The minimum Gasteiger partial charge on any atom is -0.426 e. The van der Waals surface area contributed by atoms with Crippen molar-refractivity contribution in [2.24, 2.45) is 5.73 Å². The fourth-order valence-electron chi connectivity index (χ4n) is 3.57. The van der Waals surface area contributed by atoms with Crippen molar-refractivity contribution in [2.75, 3.05) is 0 Å². The van der Waals surface area contributed by atoms with Gasteiger partial charge in [-0.3, -0.25) is 9.59 Å². The number of carbonyl (C=O) groups is 2. The second kappa shape index (κ2) is 7.42. The van der Waals surface area contributed by atoms with Crippen LogP contribution in [0.4, 0.5) is 0 Å². The molecule has 146 valence electrons. The van der Waals surface area contributed by atoms with Crippen molar-refractivity contribution in [2.45, 2.75) is 47.5 Å². The molecular weight excluding hydrogens is 356 g/mol. The van der Waals surface area contributed by atoms with E-state index in [1.165, 1.54) is 6.20 Å². The molecule has 0 saturated carbocycles. The van der Waals surface area contributed by atoms with Gasteiger partial charge in [0.05, 0.1) is 12.6 Å². The lowest BCUT2D eigenvalue weighted by molar-refractivity contribution is -0.134. The third kappa shape index (κ3) is 3.60. The average molecular weight is 380 g/mol.